The molecule has 158 valence electrons. The van der Waals surface area contributed by atoms with Gasteiger partial charge in [0.05, 0.1) is 16.7 Å². The molecule has 1 aromatic carbocycles. The van der Waals surface area contributed by atoms with Crippen LogP contribution in [0.2, 0.25) is 0 Å². The molecule has 1 heterocycles. The van der Waals surface area contributed by atoms with Crippen LogP contribution in [0.5, 0.6) is 0 Å². The number of aliphatic carboxylic acids is 1. The third-order valence-electron chi connectivity index (χ3n) is 5.90. The first kappa shape index (κ1) is 21.4. The highest BCUT2D eigenvalue weighted by atomic mass is 32.2. The van der Waals surface area contributed by atoms with Crippen LogP contribution in [-0.2, 0) is 19.6 Å². The van der Waals surface area contributed by atoms with Crippen molar-refractivity contribution in [2.24, 2.45) is 11.8 Å². The standard InChI is InChI=1S/C20H25FN2O5S/c1-13-11-17(18(20(25)26)12-14(13)2)19(24)22-7-9-23(10-8-22)29(27,28)16-5-3-15(21)4-6-16/h3-6,17-18H,7-12H2,1-2H3,(H,25,26)/t17-,18-/m0/s1. The predicted molar refractivity (Wildman–Crippen MR) is 104 cm³/mol. The fraction of sp³-hybridized carbons (Fsp3) is 0.500. The molecule has 1 aliphatic heterocycles. The molecule has 0 unspecified atom stereocenters. The van der Waals surface area contributed by atoms with E-state index in [9.17, 15) is 27.5 Å². The van der Waals surface area contributed by atoms with Gasteiger partial charge in [-0.2, -0.15) is 4.31 Å². The summed E-state index contributed by atoms with van der Waals surface area (Å²) in [6.07, 6.45) is 0.770. The number of carboxylic acid groups (broad SMARTS) is 1. The normalized spacial score (nSPS) is 23.9. The Balaban J connectivity index is 1.69. The number of halogens is 1. The van der Waals surface area contributed by atoms with Crippen molar-refractivity contribution < 1.29 is 27.5 Å². The molecule has 1 aromatic rings. The van der Waals surface area contributed by atoms with Crippen LogP contribution in [-0.4, -0.2) is 60.8 Å². The van der Waals surface area contributed by atoms with Gasteiger partial charge >= 0.3 is 5.97 Å². The summed E-state index contributed by atoms with van der Waals surface area (Å²) in [5.41, 5.74) is 2.05. The van der Waals surface area contributed by atoms with E-state index < -0.39 is 33.6 Å². The second-order valence-corrected chi connectivity index (χ2v) is 9.64. The number of rotatable bonds is 4. The van der Waals surface area contributed by atoms with Crippen LogP contribution in [0.1, 0.15) is 26.7 Å². The minimum atomic E-state index is -3.77. The lowest BCUT2D eigenvalue weighted by Gasteiger charge is -2.38. The van der Waals surface area contributed by atoms with E-state index >= 15 is 0 Å². The van der Waals surface area contributed by atoms with Gasteiger partial charge in [0, 0.05) is 26.2 Å². The first-order chi connectivity index (χ1) is 13.6. The zero-order valence-electron chi connectivity index (χ0n) is 16.5. The predicted octanol–water partition coefficient (Wildman–Crippen LogP) is 2.11. The number of nitrogens with zero attached hydrogens (tertiary/aromatic N) is 2. The maximum Gasteiger partial charge on any atom is 0.307 e. The van der Waals surface area contributed by atoms with E-state index in [0.29, 0.717) is 12.8 Å². The monoisotopic (exact) mass is 424 g/mol. The van der Waals surface area contributed by atoms with E-state index in [0.717, 1.165) is 23.3 Å². The van der Waals surface area contributed by atoms with Crippen LogP contribution in [0, 0.1) is 17.7 Å². The van der Waals surface area contributed by atoms with Gasteiger partial charge in [-0.25, -0.2) is 12.8 Å². The molecule has 1 saturated heterocycles. The van der Waals surface area contributed by atoms with Gasteiger partial charge in [-0.15, -0.1) is 0 Å². The molecule has 1 aliphatic carbocycles. The number of hydrogen-bond donors (Lipinski definition) is 1. The van der Waals surface area contributed by atoms with Crippen molar-refractivity contribution in [2.45, 2.75) is 31.6 Å². The number of amides is 1. The molecule has 7 nitrogen and oxygen atoms in total. The van der Waals surface area contributed by atoms with Crippen molar-refractivity contribution in [3.63, 3.8) is 0 Å². The topological polar surface area (TPSA) is 95.0 Å². The van der Waals surface area contributed by atoms with Gasteiger partial charge in [0.25, 0.3) is 0 Å². The Labute approximate surface area is 169 Å². The van der Waals surface area contributed by atoms with E-state index in [1.807, 2.05) is 13.8 Å². The van der Waals surface area contributed by atoms with E-state index in [1.54, 1.807) is 4.90 Å². The summed E-state index contributed by atoms with van der Waals surface area (Å²) in [5, 5.41) is 9.55. The molecule has 2 aliphatic rings. The highest BCUT2D eigenvalue weighted by Gasteiger charge is 2.40. The summed E-state index contributed by atoms with van der Waals surface area (Å²) < 4.78 is 39.8. The van der Waals surface area contributed by atoms with Gasteiger partial charge in [-0.05, 0) is 51.0 Å². The minimum absolute atomic E-state index is 0.00753. The average Bonchev–Trinajstić information content (AvgIpc) is 2.69. The lowest BCUT2D eigenvalue weighted by molar-refractivity contribution is -0.151. The largest absolute Gasteiger partial charge is 0.481 e. The van der Waals surface area contributed by atoms with Gasteiger partial charge < -0.3 is 10.0 Å². The summed E-state index contributed by atoms with van der Waals surface area (Å²) in [6, 6.07) is 4.64. The molecule has 3 rings (SSSR count). The van der Waals surface area contributed by atoms with Gasteiger partial charge in [-0.1, -0.05) is 11.1 Å². The molecule has 1 fully saturated rings. The van der Waals surface area contributed by atoms with Crippen molar-refractivity contribution >= 4 is 21.9 Å². The third kappa shape index (κ3) is 4.35. The van der Waals surface area contributed by atoms with Crippen LogP contribution in [0.4, 0.5) is 4.39 Å². The zero-order valence-corrected chi connectivity index (χ0v) is 17.3. The molecule has 1 N–H and O–H groups in total. The Morgan fingerprint density at radius 3 is 2.00 bits per heavy atom. The summed E-state index contributed by atoms with van der Waals surface area (Å²) in [7, 11) is -3.77. The highest BCUT2D eigenvalue weighted by Crippen LogP contribution is 2.35. The molecular formula is C20H25FN2O5S. The van der Waals surface area contributed by atoms with Crippen molar-refractivity contribution in [2.75, 3.05) is 26.2 Å². The summed E-state index contributed by atoms with van der Waals surface area (Å²) in [5.74, 6) is -3.11. The van der Waals surface area contributed by atoms with Crippen LogP contribution >= 0.6 is 0 Å². The van der Waals surface area contributed by atoms with Crippen molar-refractivity contribution in [1.82, 2.24) is 9.21 Å². The fourth-order valence-electron chi connectivity index (χ4n) is 3.95. The summed E-state index contributed by atoms with van der Waals surface area (Å²) in [6.45, 7) is 4.44. The summed E-state index contributed by atoms with van der Waals surface area (Å²) in [4.78, 5) is 26.2. The zero-order chi connectivity index (χ0) is 21.3. The Morgan fingerprint density at radius 2 is 1.48 bits per heavy atom. The van der Waals surface area contributed by atoms with Crippen LogP contribution in [0.3, 0.4) is 0 Å². The number of carbonyl (C=O) groups excluding carboxylic acids is 1. The smallest absolute Gasteiger partial charge is 0.307 e. The number of sulfonamides is 1. The lowest BCUT2D eigenvalue weighted by atomic mass is 9.76. The number of hydrogen-bond acceptors (Lipinski definition) is 4. The van der Waals surface area contributed by atoms with E-state index in [-0.39, 0.29) is 37.0 Å². The molecule has 1 amide bonds. The molecular weight excluding hydrogens is 399 g/mol. The molecule has 0 saturated carbocycles. The van der Waals surface area contributed by atoms with E-state index in [2.05, 4.69) is 0 Å². The first-order valence-electron chi connectivity index (χ1n) is 9.54. The van der Waals surface area contributed by atoms with Gasteiger partial charge in [0.2, 0.25) is 15.9 Å². The van der Waals surface area contributed by atoms with E-state index in [1.165, 1.54) is 16.4 Å². The molecule has 2 atom stereocenters. The first-order valence-corrected chi connectivity index (χ1v) is 11.0. The maximum atomic E-state index is 13.1. The lowest BCUT2D eigenvalue weighted by Crippen LogP contribution is -2.53. The number of carboxylic acids is 1. The number of allylic oxidation sites excluding steroid dienone is 2. The minimum Gasteiger partial charge on any atom is -0.481 e. The summed E-state index contributed by atoms with van der Waals surface area (Å²) >= 11 is 0. The quantitative estimate of drug-likeness (QED) is 0.747. The average molecular weight is 424 g/mol. The Hall–Kier alpha value is -2.26. The Morgan fingerprint density at radius 1 is 0.966 bits per heavy atom. The second-order valence-electron chi connectivity index (χ2n) is 7.70. The van der Waals surface area contributed by atoms with E-state index in [4.69, 9.17) is 0 Å². The van der Waals surface area contributed by atoms with Crippen LogP contribution in [0.25, 0.3) is 0 Å². The van der Waals surface area contributed by atoms with Crippen LogP contribution in [0.15, 0.2) is 40.3 Å². The Kier molecular flexibility index (Phi) is 6.09. The molecule has 0 radical (unpaired) electrons. The van der Waals surface area contributed by atoms with Crippen LogP contribution < -0.4 is 0 Å². The van der Waals surface area contributed by atoms with Crippen molar-refractivity contribution in [3.05, 3.63) is 41.2 Å². The molecule has 0 bridgehead atoms. The van der Waals surface area contributed by atoms with Crippen molar-refractivity contribution in [3.8, 4) is 0 Å². The molecule has 0 spiro atoms. The SMILES string of the molecule is CC1=C(C)C[C@H](C(=O)N2CCN(S(=O)(=O)c3ccc(F)cc3)CC2)[C@@H](C(=O)O)C1. The molecule has 29 heavy (non-hydrogen) atoms. The number of carbonyl (C=O) groups is 2. The number of piperazine rings is 1. The van der Waals surface area contributed by atoms with Gasteiger partial charge in [-0.3, -0.25) is 9.59 Å². The third-order valence-corrected chi connectivity index (χ3v) is 7.82. The van der Waals surface area contributed by atoms with Gasteiger partial charge in [0.1, 0.15) is 5.82 Å². The number of benzene rings is 1. The second kappa shape index (κ2) is 8.23. The van der Waals surface area contributed by atoms with Crippen molar-refractivity contribution in [1.29, 1.82) is 0 Å². The fourth-order valence-corrected chi connectivity index (χ4v) is 5.37. The maximum absolute atomic E-state index is 13.1. The Bertz CT molecular complexity index is 934. The molecule has 0 aromatic heterocycles. The molecule has 9 heteroatoms. The highest BCUT2D eigenvalue weighted by molar-refractivity contribution is 7.89. The van der Waals surface area contributed by atoms with Gasteiger partial charge in [0.15, 0.2) is 0 Å².